The molecule has 0 aliphatic carbocycles. The Morgan fingerprint density at radius 3 is 2.26 bits per heavy atom. The summed E-state index contributed by atoms with van der Waals surface area (Å²) in [5.41, 5.74) is 3.05. The first-order valence-corrected chi connectivity index (χ1v) is 12.8. The summed E-state index contributed by atoms with van der Waals surface area (Å²) in [6.07, 6.45) is 0.954. The van der Waals surface area contributed by atoms with Crippen molar-refractivity contribution >= 4 is 35.0 Å². The lowest BCUT2D eigenvalue weighted by Gasteiger charge is -2.24. The molecule has 1 heterocycles. The monoisotopic (exact) mass is 535 g/mol. The van der Waals surface area contributed by atoms with E-state index in [1.165, 1.54) is 11.2 Å². The zero-order valence-electron chi connectivity index (χ0n) is 23.1. The molecule has 10 heteroatoms. The van der Waals surface area contributed by atoms with E-state index >= 15 is 0 Å². The summed E-state index contributed by atoms with van der Waals surface area (Å²) in [5.74, 6) is -0.617. The number of nitrogens with one attached hydrogen (secondary N) is 4. The third kappa shape index (κ3) is 9.10. The van der Waals surface area contributed by atoms with Crippen LogP contribution in [0, 0.1) is 6.92 Å². The highest BCUT2D eigenvalue weighted by molar-refractivity contribution is 6.05. The van der Waals surface area contributed by atoms with E-state index in [-0.39, 0.29) is 24.8 Å². The van der Waals surface area contributed by atoms with Crippen molar-refractivity contribution in [1.82, 2.24) is 10.2 Å². The van der Waals surface area contributed by atoms with Gasteiger partial charge in [-0.2, -0.15) is 0 Å². The lowest BCUT2D eigenvalue weighted by atomic mass is 10.1. The van der Waals surface area contributed by atoms with Gasteiger partial charge in [0.05, 0.1) is 17.6 Å². The maximum absolute atomic E-state index is 12.8. The highest BCUT2D eigenvalue weighted by Gasteiger charge is 2.20. The van der Waals surface area contributed by atoms with Crippen LogP contribution in [0.1, 0.15) is 47.2 Å². The topological polar surface area (TPSA) is 125 Å². The van der Waals surface area contributed by atoms with Gasteiger partial charge in [-0.3, -0.25) is 9.59 Å². The minimum Gasteiger partial charge on any atom is -0.459 e. The number of likely N-dealkylation sites (N-methyl/N-ethyl adjacent to an activating group) is 1. The van der Waals surface area contributed by atoms with Gasteiger partial charge in [-0.15, -0.1) is 0 Å². The molecule has 10 nitrogen and oxygen atoms in total. The number of carbonyl (C=O) groups excluding carboxylic acids is 3. The lowest BCUT2D eigenvalue weighted by molar-refractivity contribution is 0.0299. The zero-order chi connectivity index (χ0) is 28.4. The summed E-state index contributed by atoms with van der Waals surface area (Å²) in [6, 6.07) is 16.2. The van der Waals surface area contributed by atoms with E-state index in [1.807, 2.05) is 31.2 Å². The van der Waals surface area contributed by atoms with E-state index in [4.69, 9.17) is 9.15 Å². The number of hydrogen-bond donors (Lipinski definition) is 4. The van der Waals surface area contributed by atoms with E-state index in [0.717, 1.165) is 11.3 Å². The molecule has 4 N–H and O–H groups in total. The van der Waals surface area contributed by atoms with Crippen molar-refractivity contribution in [1.29, 1.82) is 0 Å². The van der Waals surface area contributed by atoms with Gasteiger partial charge in [0, 0.05) is 44.5 Å². The molecular formula is C29H37N5O5. The quantitative estimate of drug-likeness (QED) is 0.256. The highest BCUT2D eigenvalue weighted by atomic mass is 16.6. The van der Waals surface area contributed by atoms with E-state index < -0.39 is 17.6 Å². The number of aryl methyl sites for hydroxylation is 1. The SMILES string of the molecule is Cc1ccccc1NCCNc1ccc(C(=O)NCCN(C)C(=O)OC(C)(C)C)cc1NC(=O)c1ccco1. The Balaban J connectivity index is 1.63. The van der Waals surface area contributed by atoms with Crippen molar-refractivity contribution in [3.05, 3.63) is 77.7 Å². The summed E-state index contributed by atoms with van der Waals surface area (Å²) in [7, 11) is 1.61. The van der Waals surface area contributed by atoms with Gasteiger partial charge in [0.25, 0.3) is 11.8 Å². The minimum atomic E-state index is -0.600. The van der Waals surface area contributed by atoms with Crippen LogP contribution in [0.3, 0.4) is 0 Å². The molecule has 2 aromatic carbocycles. The van der Waals surface area contributed by atoms with Gasteiger partial charge >= 0.3 is 6.09 Å². The van der Waals surface area contributed by atoms with Gasteiger partial charge in [0.15, 0.2) is 5.76 Å². The smallest absolute Gasteiger partial charge is 0.410 e. The van der Waals surface area contributed by atoms with Gasteiger partial charge in [0.2, 0.25) is 0 Å². The molecule has 0 bridgehead atoms. The Morgan fingerprint density at radius 2 is 1.59 bits per heavy atom. The lowest BCUT2D eigenvalue weighted by Crippen LogP contribution is -2.39. The standard InChI is InChI=1S/C29H37N5O5/c1-20-9-6-7-10-22(20)30-14-15-31-23-13-12-21(19-24(23)33-27(36)25-11-8-18-38-25)26(35)32-16-17-34(5)28(37)39-29(2,3)4/h6-13,18-19,30-31H,14-17H2,1-5H3,(H,32,35)(H,33,36). The number of hydrogen-bond acceptors (Lipinski definition) is 7. The molecule has 208 valence electrons. The molecule has 0 radical (unpaired) electrons. The highest BCUT2D eigenvalue weighted by Crippen LogP contribution is 2.24. The van der Waals surface area contributed by atoms with Crippen LogP contribution in [-0.2, 0) is 4.74 Å². The number of rotatable bonds is 11. The van der Waals surface area contributed by atoms with Crippen molar-refractivity contribution < 1.29 is 23.5 Å². The molecule has 0 unspecified atom stereocenters. The van der Waals surface area contributed by atoms with E-state index in [2.05, 4.69) is 21.3 Å². The summed E-state index contributed by atoms with van der Waals surface area (Å²) in [5, 5.41) is 12.3. The number of nitrogens with zero attached hydrogens (tertiary/aromatic N) is 1. The first-order valence-electron chi connectivity index (χ1n) is 12.8. The number of para-hydroxylation sites is 1. The van der Waals surface area contributed by atoms with Crippen molar-refractivity contribution in [3.8, 4) is 0 Å². The van der Waals surface area contributed by atoms with E-state index in [0.29, 0.717) is 30.0 Å². The number of ether oxygens (including phenoxy) is 1. The molecule has 0 spiro atoms. The number of anilines is 3. The van der Waals surface area contributed by atoms with Crippen LogP contribution in [-0.4, -0.2) is 61.6 Å². The van der Waals surface area contributed by atoms with Crippen LogP contribution in [0.25, 0.3) is 0 Å². The van der Waals surface area contributed by atoms with Gasteiger partial charge in [0.1, 0.15) is 5.60 Å². The van der Waals surface area contributed by atoms with Gasteiger partial charge < -0.3 is 35.3 Å². The third-order valence-corrected chi connectivity index (χ3v) is 5.61. The van der Waals surface area contributed by atoms with E-state index in [1.54, 1.807) is 58.2 Å². The molecule has 39 heavy (non-hydrogen) atoms. The van der Waals surface area contributed by atoms with E-state index in [9.17, 15) is 14.4 Å². The number of furan rings is 1. The number of amides is 3. The number of carbonyl (C=O) groups is 3. The zero-order valence-corrected chi connectivity index (χ0v) is 23.1. The van der Waals surface area contributed by atoms with Gasteiger partial charge in [-0.1, -0.05) is 18.2 Å². The molecule has 3 aromatic rings. The normalized spacial score (nSPS) is 10.9. The molecule has 1 aromatic heterocycles. The average Bonchev–Trinajstić information content (AvgIpc) is 3.42. The Bertz CT molecular complexity index is 1270. The van der Waals surface area contributed by atoms with Gasteiger partial charge in [-0.25, -0.2) is 4.79 Å². The van der Waals surface area contributed by atoms with Crippen molar-refractivity contribution in [2.45, 2.75) is 33.3 Å². The maximum Gasteiger partial charge on any atom is 0.410 e. The molecule has 0 aliphatic rings. The summed E-state index contributed by atoms with van der Waals surface area (Å²) in [4.78, 5) is 39.0. The molecule has 0 fully saturated rings. The Hall–Kier alpha value is -4.47. The molecule has 3 rings (SSSR count). The second-order valence-electron chi connectivity index (χ2n) is 10.0. The second-order valence-corrected chi connectivity index (χ2v) is 10.0. The van der Waals surface area contributed by atoms with Crippen molar-refractivity contribution in [2.24, 2.45) is 0 Å². The predicted octanol–water partition coefficient (Wildman–Crippen LogP) is 4.96. The van der Waals surface area contributed by atoms with Crippen LogP contribution in [0.4, 0.5) is 21.9 Å². The fourth-order valence-electron chi connectivity index (χ4n) is 3.57. The molecule has 0 saturated carbocycles. The van der Waals surface area contributed by atoms with Crippen molar-refractivity contribution in [2.75, 3.05) is 49.2 Å². The van der Waals surface area contributed by atoms with Crippen molar-refractivity contribution in [3.63, 3.8) is 0 Å². The minimum absolute atomic E-state index is 0.155. The Morgan fingerprint density at radius 1 is 0.872 bits per heavy atom. The first-order chi connectivity index (χ1) is 18.5. The summed E-state index contributed by atoms with van der Waals surface area (Å²) < 4.78 is 10.5. The summed E-state index contributed by atoms with van der Waals surface area (Å²) >= 11 is 0. The maximum atomic E-state index is 12.8. The molecule has 0 saturated heterocycles. The average molecular weight is 536 g/mol. The Labute approximate surface area is 229 Å². The fourth-order valence-corrected chi connectivity index (χ4v) is 3.57. The first kappa shape index (κ1) is 29.1. The third-order valence-electron chi connectivity index (χ3n) is 5.61. The molecule has 0 aliphatic heterocycles. The van der Waals surface area contributed by atoms with Crippen LogP contribution >= 0.6 is 0 Å². The summed E-state index contributed by atoms with van der Waals surface area (Å²) in [6.45, 7) is 9.14. The molecular weight excluding hydrogens is 498 g/mol. The number of benzene rings is 2. The molecule has 0 atom stereocenters. The molecule has 3 amide bonds. The largest absolute Gasteiger partial charge is 0.459 e. The van der Waals surface area contributed by atoms with Crippen LogP contribution in [0.5, 0.6) is 0 Å². The van der Waals surface area contributed by atoms with Gasteiger partial charge in [-0.05, 0) is 69.7 Å². The van der Waals surface area contributed by atoms with Crippen LogP contribution in [0.15, 0.2) is 65.3 Å². The fraction of sp³-hybridized carbons (Fsp3) is 0.345. The second kappa shape index (κ2) is 13.4. The Kier molecular flexibility index (Phi) is 9.97. The van der Waals surface area contributed by atoms with Crippen LogP contribution < -0.4 is 21.3 Å². The predicted molar refractivity (Wildman–Crippen MR) is 152 cm³/mol. The van der Waals surface area contributed by atoms with Crippen LogP contribution in [0.2, 0.25) is 0 Å².